The molecule has 0 radical (unpaired) electrons. The second kappa shape index (κ2) is 6.18. The first-order valence-corrected chi connectivity index (χ1v) is 7.08. The van der Waals surface area contributed by atoms with Gasteiger partial charge >= 0.3 is 5.97 Å². The Balaban J connectivity index is 1.75. The maximum Gasteiger partial charge on any atom is 0.313 e. The number of anilines is 1. The second-order valence-corrected chi connectivity index (χ2v) is 5.77. The largest absolute Gasteiger partial charge is 0.481 e. The van der Waals surface area contributed by atoms with E-state index >= 15 is 0 Å². The molecule has 0 amide bonds. The van der Waals surface area contributed by atoms with Crippen LogP contribution in [-0.4, -0.2) is 46.3 Å². The van der Waals surface area contributed by atoms with Crippen LogP contribution in [0, 0.1) is 0 Å². The van der Waals surface area contributed by atoms with Crippen molar-refractivity contribution in [2.75, 3.05) is 24.2 Å². The molecule has 6 nitrogen and oxygen atoms in total. The Morgan fingerprint density at radius 3 is 3.24 bits per heavy atom. The van der Waals surface area contributed by atoms with Gasteiger partial charge < -0.3 is 15.2 Å². The molecule has 2 N–H and O–H groups in total. The lowest BCUT2D eigenvalue weighted by atomic mass is 10.2. The Labute approximate surface area is 107 Å². The molecule has 2 heterocycles. The van der Waals surface area contributed by atoms with Crippen LogP contribution in [0.4, 0.5) is 5.13 Å². The fourth-order valence-electron chi connectivity index (χ4n) is 1.47. The molecule has 1 aliphatic heterocycles. The van der Waals surface area contributed by atoms with E-state index in [9.17, 15) is 4.79 Å². The van der Waals surface area contributed by atoms with Crippen molar-refractivity contribution in [3.63, 3.8) is 0 Å². The molecule has 0 bridgehead atoms. The fraction of sp³-hybridized carbons (Fsp3) is 0.667. The SMILES string of the molecule is O=C(O)CSc1nnc(NCC2CCCO2)s1. The third-order valence-corrected chi connectivity index (χ3v) is 4.23. The topological polar surface area (TPSA) is 84.3 Å². The summed E-state index contributed by atoms with van der Waals surface area (Å²) < 4.78 is 6.14. The number of aromatic nitrogens is 2. The molecular formula is C9H13N3O3S2. The van der Waals surface area contributed by atoms with Crippen molar-refractivity contribution in [3.8, 4) is 0 Å². The third-order valence-electron chi connectivity index (χ3n) is 2.23. The third kappa shape index (κ3) is 4.14. The minimum absolute atomic E-state index is 0.0143. The molecule has 1 aromatic heterocycles. The molecule has 1 saturated heterocycles. The molecule has 2 rings (SSSR count). The van der Waals surface area contributed by atoms with E-state index in [4.69, 9.17) is 9.84 Å². The van der Waals surface area contributed by atoms with E-state index in [0.29, 0.717) is 9.47 Å². The predicted molar refractivity (Wildman–Crippen MR) is 65.7 cm³/mol. The smallest absolute Gasteiger partial charge is 0.313 e. The van der Waals surface area contributed by atoms with Crippen molar-refractivity contribution in [1.82, 2.24) is 10.2 Å². The molecule has 1 unspecified atom stereocenters. The Kier molecular flexibility index (Phi) is 4.57. The van der Waals surface area contributed by atoms with Gasteiger partial charge in [0, 0.05) is 13.2 Å². The van der Waals surface area contributed by atoms with Gasteiger partial charge in [0.1, 0.15) is 0 Å². The Morgan fingerprint density at radius 2 is 2.53 bits per heavy atom. The molecule has 1 aliphatic rings. The van der Waals surface area contributed by atoms with Crippen LogP contribution < -0.4 is 5.32 Å². The summed E-state index contributed by atoms with van der Waals surface area (Å²) in [5, 5.41) is 20.2. The molecule has 1 aromatic rings. The molecule has 94 valence electrons. The molecule has 1 atom stereocenters. The molecule has 17 heavy (non-hydrogen) atoms. The van der Waals surface area contributed by atoms with Gasteiger partial charge in [-0.25, -0.2) is 0 Å². The lowest BCUT2D eigenvalue weighted by Crippen LogP contribution is -2.18. The number of carboxylic acids is 1. The van der Waals surface area contributed by atoms with Crippen LogP contribution in [0.3, 0.4) is 0 Å². The molecule has 8 heteroatoms. The number of nitrogens with one attached hydrogen (secondary N) is 1. The van der Waals surface area contributed by atoms with Gasteiger partial charge in [0.2, 0.25) is 5.13 Å². The highest BCUT2D eigenvalue weighted by Crippen LogP contribution is 2.25. The number of carbonyl (C=O) groups is 1. The maximum atomic E-state index is 10.4. The number of carboxylic acid groups (broad SMARTS) is 1. The van der Waals surface area contributed by atoms with Gasteiger partial charge in [-0.05, 0) is 12.8 Å². The summed E-state index contributed by atoms with van der Waals surface area (Å²) in [5.41, 5.74) is 0. The fourth-order valence-corrected chi connectivity index (χ4v) is 2.95. The van der Waals surface area contributed by atoms with Crippen LogP contribution in [-0.2, 0) is 9.53 Å². The first-order valence-electron chi connectivity index (χ1n) is 5.27. The van der Waals surface area contributed by atoms with E-state index < -0.39 is 5.97 Å². The van der Waals surface area contributed by atoms with E-state index in [1.165, 1.54) is 23.1 Å². The van der Waals surface area contributed by atoms with Crippen molar-refractivity contribution in [1.29, 1.82) is 0 Å². The maximum absolute atomic E-state index is 10.4. The highest BCUT2D eigenvalue weighted by molar-refractivity contribution is 8.01. The van der Waals surface area contributed by atoms with Crippen LogP contribution in [0.15, 0.2) is 4.34 Å². The number of rotatable bonds is 6. The zero-order valence-electron chi connectivity index (χ0n) is 9.09. The monoisotopic (exact) mass is 275 g/mol. The molecule has 0 aromatic carbocycles. The van der Waals surface area contributed by atoms with Gasteiger partial charge in [-0.1, -0.05) is 23.1 Å². The number of thioether (sulfide) groups is 1. The quantitative estimate of drug-likeness (QED) is 0.757. The van der Waals surface area contributed by atoms with Crippen LogP contribution in [0.25, 0.3) is 0 Å². The summed E-state index contributed by atoms with van der Waals surface area (Å²) in [6, 6.07) is 0. The van der Waals surface area contributed by atoms with Crippen molar-refractivity contribution >= 4 is 34.2 Å². The van der Waals surface area contributed by atoms with Crippen molar-refractivity contribution < 1.29 is 14.6 Å². The van der Waals surface area contributed by atoms with Crippen LogP contribution >= 0.6 is 23.1 Å². The number of nitrogens with zero attached hydrogens (tertiary/aromatic N) is 2. The zero-order valence-corrected chi connectivity index (χ0v) is 10.7. The highest BCUT2D eigenvalue weighted by atomic mass is 32.2. The molecule has 1 fully saturated rings. The summed E-state index contributed by atoms with van der Waals surface area (Å²) in [4.78, 5) is 10.4. The standard InChI is InChI=1S/C9H13N3O3S2/c13-7(14)5-16-9-12-11-8(17-9)10-4-6-2-1-3-15-6/h6H,1-5H2,(H,10,11)(H,13,14). The van der Waals surface area contributed by atoms with E-state index in [-0.39, 0.29) is 11.9 Å². The van der Waals surface area contributed by atoms with E-state index in [2.05, 4.69) is 15.5 Å². The second-order valence-electron chi connectivity index (χ2n) is 3.57. The molecule has 0 spiro atoms. The van der Waals surface area contributed by atoms with Crippen molar-refractivity contribution in [2.24, 2.45) is 0 Å². The minimum Gasteiger partial charge on any atom is -0.481 e. The van der Waals surface area contributed by atoms with Gasteiger partial charge in [-0.15, -0.1) is 10.2 Å². The minimum atomic E-state index is -0.848. The van der Waals surface area contributed by atoms with Gasteiger partial charge in [-0.2, -0.15) is 0 Å². The molecule has 0 aliphatic carbocycles. The average Bonchev–Trinajstić information content (AvgIpc) is 2.95. The van der Waals surface area contributed by atoms with E-state index in [0.717, 1.165) is 26.0 Å². The zero-order chi connectivity index (χ0) is 12.1. The van der Waals surface area contributed by atoms with Crippen LogP contribution in [0.5, 0.6) is 0 Å². The van der Waals surface area contributed by atoms with Crippen LogP contribution in [0.1, 0.15) is 12.8 Å². The van der Waals surface area contributed by atoms with Crippen LogP contribution in [0.2, 0.25) is 0 Å². The summed E-state index contributed by atoms with van der Waals surface area (Å²) in [6.07, 6.45) is 2.45. The van der Waals surface area contributed by atoms with E-state index in [1.54, 1.807) is 0 Å². The highest BCUT2D eigenvalue weighted by Gasteiger charge is 2.15. The lowest BCUT2D eigenvalue weighted by Gasteiger charge is -2.08. The van der Waals surface area contributed by atoms with Crippen molar-refractivity contribution in [2.45, 2.75) is 23.3 Å². The van der Waals surface area contributed by atoms with Crippen molar-refractivity contribution in [3.05, 3.63) is 0 Å². The molecular weight excluding hydrogens is 262 g/mol. The number of hydrogen-bond donors (Lipinski definition) is 2. The number of ether oxygens (including phenoxy) is 1. The average molecular weight is 275 g/mol. The Hall–Kier alpha value is -0.860. The number of hydrogen-bond acceptors (Lipinski definition) is 7. The van der Waals surface area contributed by atoms with Gasteiger partial charge in [-0.3, -0.25) is 4.79 Å². The first kappa shape index (κ1) is 12.6. The predicted octanol–water partition coefficient (Wildman–Crippen LogP) is 1.31. The van der Waals surface area contributed by atoms with Gasteiger partial charge in [0.05, 0.1) is 11.9 Å². The van der Waals surface area contributed by atoms with E-state index in [1.807, 2.05) is 0 Å². The van der Waals surface area contributed by atoms with Gasteiger partial charge in [0.15, 0.2) is 4.34 Å². The summed E-state index contributed by atoms with van der Waals surface area (Å²) in [7, 11) is 0. The summed E-state index contributed by atoms with van der Waals surface area (Å²) >= 11 is 2.55. The summed E-state index contributed by atoms with van der Waals surface area (Å²) in [6.45, 7) is 1.57. The Morgan fingerprint density at radius 1 is 1.65 bits per heavy atom. The lowest BCUT2D eigenvalue weighted by molar-refractivity contribution is -0.133. The van der Waals surface area contributed by atoms with Gasteiger partial charge in [0.25, 0.3) is 0 Å². The normalized spacial score (nSPS) is 19.4. The number of aliphatic carboxylic acids is 1. The summed E-state index contributed by atoms with van der Waals surface area (Å²) in [5.74, 6) is -0.834. The first-order chi connectivity index (χ1) is 8.24. The Bertz CT molecular complexity index is 379. The molecule has 0 saturated carbocycles.